The minimum atomic E-state index is -0.251. The van der Waals surface area contributed by atoms with Crippen LogP contribution in [0.1, 0.15) is 12.0 Å². The topological polar surface area (TPSA) is 62.1 Å². The summed E-state index contributed by atoms with van der Waals surface area (Å²) in [6, 6.07) is 9.14. The molecule has 0 aliphatic carbocycles. The number of benzene rings is 1. The maximum absolute atomic E-state index is 10.8. The molecule has 0 aliphatic rings. The first-order valence-corrected chi connectivity index (χ1v) is 4.57. The molecule has 0 aliphatic heterocycles. The Labute approximate surface area is 88.5 Å². The lowest BCUT2D eigenvalue weighted by atomic mass is 10.2. The highest BCUT2D eigenvalue weighted by atomic mass is 16.5. The highest BCUT2D eigenvalue weighted by Crippen LogP contribution is 2.09. The van der Waals surface area contributed by atoms with Crippen LogP contribution in [0.5, 0.6) is 0 Å². The van der Waals surface area contributed by atoms with Crippen molar-refractivity contribution in [2.75, 3.05) is 19.0 Å². The first-order chi connectivity index (χ1) is 7.26. The third kappa shape index (κ3) is 3.69. The van der Waals surface area contributed by atoms with E-state index >= 15 is 0 Å². The van der Waals surface area contributed by atoms with Crippen LogP contribution in [0.25, 0.3) is 0 Å². The summed E-state index contributed by atoms with van der Waals surface area (Å²) in [5.74, 6) is -0.251. The van der Waals surface area contributed by atoms with E-state index in [0.717, 1.165) is 5.69 Å². The zero-order chi connectivity index (χ0) is 11.1. The predicted octanol–water partition coefficient (Wildman–Crippen LogP) is 1.53. The van der Waals surface area contributed by atoms with Gasteiger partial charge in [-0.05, 0) is 18.2 Å². The maximum Gasteiger partial charge on any atom is 0.307 e. The largest absolute Gasteiger partial charge is 0.469 e. The van der Waals surface area contributed by atoms with Crippen LogP contribution >= 0.6 is 0 Å². The van der Waals surface area contributed by atoms with E-state index in [9.17, 15) is 4.79 Å². The van der Waals surface area contributed by atoms with Gasteiger partial charge in [-0.15, -0.1) is 0 Å². The molecule has 4 nitrogen and oxygen atoms in total. The van der Waals surface area contributed by atoms with E-state index in [-0.39, 0.29) is 5.97 Å². The van der Waals surface area contributed by atoms with E-state index < -0.39 is 0 Å². The first-order valence-electron chi connectivity index (χ1n) is 4.57. The lowest BCUT2D eigenvalue weighted by Gasteiger charge is -2.05. The second-order valence-electron chi connectivity index (χ2n) is 2.95. The Bertz CT molecular complexity index is 382. The molecule has 0 heterocycles. The van der Waals surface area contributed by atoms with Crippen LogP contribution in [0.2, 0.25) is 0 Å². The molecule has 0 spiro atoms. The third-order valence-corrected chi connectivity index (χ3v) is 1.88. The minimum Gasteiger partial charge on any atom is -0.469 e. The molecule has 0 unspecified atom stereocenters. The Hall–Kier alpha value is -2.02. The smallest absolute Gasteiger partial charge is 0.307 e. The zero-order valence-corrected chi connectivity index (χ0v) is 8.49. The second kappa shape index (κ2) is 5.66. The van der Waals surface area contributed by atoms with Gasteiger partial charge in [0.15, 0.2) is 0 Å². The van der Waals surface area contributed by atoms with Gasteiger partial charge in [0.25, 0.3) is 0 Å². The molecule has 1 aromatic rings. The molecule has 0 bridgehead atoms. The van der Waals surface area contributed by atoms with E-state index in [1.165, 1.54) is 7.11 Å². The lowest BCUT2D eigenvalue weighted by Crippen LogP contribution is -2.09. The molecule has 15 heavy (non-hydrogen) atoms. The van der Waals surface area contributed by atoms with Gasteiger partial charge in [0.2, 0.25) is 0 Å². The fourth-order valence-electron chi connectivity index (χ4n) is 1.11. The van der Waals surface area contributed by atoms with Gasteiger partial charge < -0.3 is 10.1 Å². The quantitative estimate of drug-likeness (QED) is 0.755. The maximum atomic E-state index is 10.8. The number of hydrogen-bond donors (Lipinski definition) is 1. The highest BCUT2D eigenvalue weighted by molar-refractivity contribution is 5.69. The normalized spacial score (nSPS) is 9.07. The Morgan fingerprint density at radius 2 is 2.40 bits per heavy atom. The van der Waals surface area contributed by atoms with Crippen LogP contribution in [-0.2, 0) is 9.53 Å². The number of nitrogens with zero attached hydrogens (tertiary/aromatic N) is 1. The summed E-state index contributed by atoms with van der Waals surface area (Å²) in [6.45, 7) is 0.502. The first kappa shape index (κ1) is 11.1. The number of carbonyl (C=O) groups excluding carboxylic acids is 1. The van der Waals surface area contributed by atoms with E-state index in [2.05, 4.69) is 10.1 Å². The summed E-state index contributed by atoms with van der Waals surface area (Å²) in [4.78, 5) is 10.8. The summed E-state index contributed by atoms with van der Waals surface area (Å²) < 4.78 is 4.50. The molecule has 1 N–H and O–H groups in total. The van der Waals surface area contributed by atoms with E-state index in [4.69, 9.17) is 5.26 Å². The van der Waals surface area contributed by atoms with Crippen molar-refractivity contribution in [2.24, 2.45) is 0 Å². The highest BCUT2D eigenvalue weighted by Gasteiger charge is 1.99. The number of methoxy groups -OCH3 is 1. The summed E-state index contributed by atoms with van der Waals surface area (Å²) in [5, 5.41) is 11.7. The molecule has 0 fully saturated rings. The van der Waals surface area contributed by atoms with Gasteiger partial charge >= 0.3 is 5.97 Å². The number of rotatable bonds is 4. The number of ether oxygens (including phenoxy) is 1. The molecule has 0 amide bonds. The SMILES string of the molecule is COC(=O)CCNc1cccc(C#N)c1. The van der Waals surface area contributed by atoms with Crippen LogP contribution in [0.3, 0.4) is 0 Å². The zero-order valence-electron chi connectivity index (χ0n) is 8.49. The number of hydrogen-bond acceptors (Lipinski definition) is 4. The van der Waals surface area contributed by atoms with E-state index in [0.29, 0.717) is 18.5 Å². The van der Waals surface area contributed by atoms with Crippen LogP contribution in [0, 0.1) is 11.3 Å². The van der Waals surface area contributed by atoms with Gasteiger partial charge in [-0.1, -0.05) is 6.07 Å². The van der Waals surface area contributed by atoms with Crippen LogP contribution < -0.4 is 5.32 Å². The van der Waals surface area contributed by atoms with Gasteiger partial charge in [-0.3, -0.25) is 4.79 Å². The molecule has 4 heteroatoms. The Morgan fingerprint density at radius 3 is 3.07 bits per heavy atom. The molecule has 0 atom stereocenters. The monoisotopic (exact) mass is 204 g/mol. The van der Waals surface area contributed by atoms with Crippen molar-refractivity contribution < 1.29 is 9.53 Å². The summed E-state index contributed by atoms with van der Waals surface area (Å²) in [6.07, 6.45) is 0.313. The van der Waals surface area contributed by atoms with Crippen molar-refractivity contribution in [1.82, 2.24) is 0 Å². The van der Waals surface area contributed by atoms with Crippen molar-refractivity contribution in [3.05, 3.63) is 29.8 Å². The minimum absolute atomic E-state index is 0.251. The second-order valence-corrected chi connectivity index (χ2v) is 2.95. The molecule has 0 saturated carbocycles. The Balaban J connectivity index is 2.44. The molecule has 78 valence electrons. The molecular formula is C11H12N2O2. The summed E-state index contributed by atoms with van der Waals surface area (Å²) in [5.41, 5.74) is 1.43. The standard InChI is InChI=1S/C11H12N2O2/c1-15-11(14)5-6-13-10-4-2-3-9(7-10)8-12/h2-4,7,13H,5-6H2,1H3. The fraction of sp³-hybridized carbons (Fsp3) is 0.273. The molecule has 1 rings (SSSR count). The van der Waals surface area contributed by atoms with Gasteiger partial charge in [-0.25, -0.2) is 0 Å². The number of nitrogens with one attached hydrogen (secondary N) is 1. The average Bonchev–Trinajstić information content (AvgIpc) is 2.29. The molecule has 0 saturated heterocycles. The molecule has 0 radical (unpaired) electrons. The fourth-order valence-corrected chi connectivity index (χ4v) is 1.11. The van der Waals surface area contributed by atoms with Gasteiger partial charge in [0, 0.05) is 12.2 Å². The number of nitriles is 1. The van der Waals surface area contributed by atoms with Crippen LogP contribution in [0.4, 0.5) is 5.69 Å². The van der Waals surface area contributed by atoms with E-state index in [1.807, 2.05) is 12.1 Å². The molecule has 0 aromatic heterocycles. The third-order valence-electron chi connectivity index (χ3n) is 1.88. The van der Waals surface area contributed by atoms with Crippen molar-refractivity contribution >= 4 is 11.7 Å². The Morgan fingerprint density at radius 1 is 1.60 bits per heavy atom. The van der Waals surface area contributed by atoms with Crippen LogP contribution in [0.15, 0.2) is 24.3 Å². The van der Waals surface area contributed by atoms with Gasteiger partial charge in [0.05, 0.1) is 25.2 Å². The van der Waals surface area contributed by atoms with Crippen molar-refractivity contribution in [3.63, 3.8) is 0 Å². The number of esters is 1. The van der Waals surface area contributed by atoms with Crippen molar-refractivity contribution in [1.29, 1.82) is 5.26 Å². The predicted molar refractivity (Wildman–Crippen MR) is 56.3 cm³/mol. The summed E-state index contributed by atoms with van der Waals surface area (Å²) >= 11 is 0. The lowest BCUT2D eigenvalue weighted by molar-refractivity contribution is -0.140. The van der Waals surface area contributed by atoms with Crippen LogP contribution in [-0.4, -0.2) is 19.6 Å². The van der Waals surface area contributed by atoms with Gasteiger partial charge in [-0.2, -0.15) is 5.26 Å². The van der Waals surface area contributed by atoms with Crippen molar-refractivity contribution in [2.45, 2.75) is 6.42 Å². The molecule has 1 aromatic carbocycles. The average molecular weight is 204 g/mol. The molecular weight excluding hydrogens is 192 g/mol. The Kier molecular flexibility index (Phi) is 4.17. The van der Waals surface area contributed by atoms with Gasteiger partial charge in [0.1, 0.15) is 0 Å². The van der Waals surface area contributed by atoms with E-state index in [1.54, 1.807) is 18.2 Å². The number of carbonyl (C=O) groups is 1. The number of anilines is 1. The van der Waals surface area contributed by atoms with Crippen molar-refractivity contribution in [3.8, 4) is 6.07 Å². The summed E-state index contributed by atoms with van der Waals surface area (Å²) in [7, 11) is 1.36.